The number of fused-ring (bicyclic) bond motifs is 5. The number of halogens is 2. The molecule has 34 heavy (non-hydrogen) atoms. The number of hydrogen-bond donors (Lipinski definition) is 1. The molecule has 1 saturated heterocycles. The zero-order chi connectivity index (χ0) is 24.1. The molecule has 186 valence electrons. The molecule has 0 spiro atoms. The Hall–Kier alpha value is -2.02. The molecule has 0 bridgehead atoms. The van der Waals surface area contributed by atoms with Crippen molar-refractivity contribution in [2.45, 2.75) is 70.1 Å². The Labute approximate surface area is 199 Å². The van der Waals surface area contributed by atoms with Gasteiger partial charge < -0.3 is 14.7 Å². The van der Waals surface area contributed by atoms with Crippen LogP contribution in [0.3, 0.4) is 0 Å². The molecule has 1 N–H and O–H groups in total. The molecule has 0 aromatic heterocycles. The Balaban J connectivity index is 1.33. The van der Waals surface area contributed by atoms with Crippen LogP contribution < -0.4 is 0 Å². The maximum atomic E-state index is 15.4. The van der Waals surface area contributed by atoms with Crippen molar-refractivity contribution in [2.75, 3.05) is 26.3 Å². The van der Waals surface area contributed by atoms with E-state index in [1.165, 1.54) is 5.56 Å². The van der Waals surface area contributed by atoms with Crippen LogP contribution >= 0.6 is 0 Å². The minimum atomic E-state index is -2.69. The summed E-state index contributed by atoms with van der Waals surface area (Å²) in [6.07, 6.45) is 4.47. The van der Waals surface area contributed by atoms with E-state index in [2.05, 4.69) is 0 Å². The third kappa shape index (κ3) is 3.94. The molecule has 1 aromatic rings. The summed E-state index contributed by atoms with van der Waals surface area (Å²) in [6.45, 7) is 4.18. The van der Waals surface area contributed by atoms with E-state index >= 15 is 8.78 Å². The summed E-state index contributed by atoms with van der Waals surface area (Å²) in [6, 6.07) is 5.37. The molecule has 5 nitrogen and oxygen atoms in total. The Morgan fingerprint density at radius 2 is 1.97 bits per heavy atom. The van der Waals surface area contributed by atoms with E-state index in [-0.39, 0.29) is 36.0 Å². The van der Waals surface area contributed by atoms with Gasteiger partial charge in [-0.3, -0.25) is 4.79 Å². The third-order valence-corrected chi connectivity index (χ3v) is 9.42. The van der Waals surface area contributed by atoms with Gasteiger partial charge in [-0.15, -0.1) is 0 Å². The maximum Gasteiger partial charge on any atom is 0.335 e. The van der Waals surface area contributed by atoms with Gasteiger partial charge in [-0.05, 0) is 85.5 Å². The zero-order valence-corrected chi connectivity index (χ0v) is 19.9. The lowest BCUT2D eigenvalue weighted by Crippen LogP contribution is -2.47. The number of aromatic carboxylic acids is 1. The van der Waals surface area contributed by atoms with Gasteiger partial charge in [-0.2, -0.15) is 0 Å². The largest absolute Gasteiger partial charge is 0.478 e. The van der Waals surface area contributed by atoms with Crippen molar-refractivity contribution in [1.29, 1.82) is 0 Å². The summed E-state index contributed by atoms with van der Waals surface area (Å²) in [5.41, 5.74) is 1.54. The van der Waals surface area contributed by atoms with Crippen molar-refractivity contribution in [1.82, 2.24) is 4.90 Å². The first-order valence-corrected chi connectivity index (χ1v) is 12.8. The molecular weight excluding hydrogens is 440 g/mol. The SMILES string of the molecule is C[C@]12CC[C@@H]3c4ccc(C(=O)O)cc4CC[C@H]3C1[C@@H](CCCC(=O)N1CCOCC1)CC2(F)F. The van der Waals surface area contributed by atoms with Crippen LogP contribution in [0.2, 0.25) is 0 Å². The van der Waals surface area contributed by atoms with Crippen molar-refractivity contribution in [3.63, 3.8) is 0 Å². The number of carbonyl (C=O) groups is 2. The summed E-state index contributed by atoms with van der Waals surface area (Å²) in [5.74, 6) is -3.24. The minimum absolute atomic E-state index is 0.0629. The number of morpholine rings is 1. The molecule has 5 atom stereocenters. The van der Waals surface area contributed by atoms with Gasteiger partial charge in [0.2, 0.25) is 5.91 Å². The van der Waals surface area contributed by atoms with Gasteiger partial charge in [0.1, 0.15) is 0 Å². The Bertz CT molecular complexity index is 960. The van der Waals surface area contributed by atoms with Gasteiger partial charge in [0, 0.05) is 31.3 Å². The summed E-state index contributed by atoms with van der Waals surface area (Å²) in [7, 11) is 0. The highest BCUT2D eigenvalue weighted by molar-refractivity contribution is 5.88. The van der Waals surface area contributed by atoms with Gasteiger partial charge in [0.25, 0.3) is 5.92 Å². The fourth-order valence-corrected chi connectivity index (χ4v) is 7.72. The minimum Gasteiger partial charge on any atom is -0.478 e. The third-order valence-electron chi connectivity index (χ3n) is 9.42. The summed E-state index contributed by atoms with van der Waals surface area (Å²) in [4.78, 5) is 25.8. The van der Waals surface area contributed by atoms with Crippen LogP contribution in [0.5, 0.6) is 0 Å². The van der Waals surface area contributed by atoms with Crippen LogP contribution in [0, 0.1) is 23.2 Å². The number of carbonyl (C=O) groups excluding carboxylic acids is 1. The molecule has 1 aliphatic heterocycles. The Morgan fingerprint density at radius 1 is 1.21 bits per heavy atom. The lowest BCUT2D eigenvalue weighted by Gasteiger charge is -2.51. The quantitative estimate of drug-likeness (QED) is 0.641. The van der Waals surface area contributed by atoms with E-state index in [0.717, 1.165) is 24.8 Å². The number of alkyl halides is 2. The van der Waals surface area contributed by atoms with E-state index < -0.39 is 17.3 Å². The second kappa shape index (κ2) is 8.89. The van der Waals surface area contributed by atoms with Crippen LogP contribution in [-0.4, -0.2) is 54.1 Å². The van der Waals surface area contributed by atoms with Crippen LogP contribution in [-0.2, 0) is 16.0 Å². The number of carboxylic acid groups (broad SMARTS) is 1. The molecule has 5 rings (SSSR count). The number of amides is 1. The number of ether oxygens (including phenoxy) is 1. The van der Waals surface area contributed by atoms with Gasteiger partial charge in [-0.25, -0.2) is 13.6 Å². The molecule has 4 aliphatic rings. The van der Waals surface area contributed by atoms with Gasteiger partial charge in [0.15, 0.2) is 0 Å². The number of benzene rings is 1. The number of aryl methyl sites for hydroxylation is 1. The predicted molar refractivity (Wildman–Crippen MR) is 123 cm³/mol. The molecule has 7 heteroatoms. The number of rotatable bonds is 5. The van der Waals surface area contributed by atoms with Crippen molar-refractivity contribution in [2.24, 2.45) is 23.2 Å². The maximum absolute atomic E-state index is 15.4. The Morgan fingerprint density at radius 3 is 2.71 bits per heavy atom. The average Bonchev–Trinajstić information content (AvgIpc) is 3.03. The van der Waals surface area contributed by atoms with Crippen LogP contribution in [0.4, 0.5) is 8.78 Å². The van der Waals surface area contributed by atoms with Gasteiger partial charge >= 0.3 is 5.97 Å². The summed E-state index contributed by atoms with van der Waals surface area (Å²) in [5, 5.41) is 9.36. The molecule has 3 aliphatic carbocycles. The van der Waals surface area contributed by atoms with Gasteiger partial charge in [0.05, 0.1) is 18.8 Å². The number of carboxylic acids is 1. The molecule has 1 amide bonds. The van der Waals surface area contributed by atoms with E-state index in [1.54, 1.807) is 19.1 Å². The molecule has 2 saturated carbocycles. The van der Waals surface area contributed by atoms with Crippen molar-refractivity contribution < 1.29 is 28.2 Å². The molecule has 1 unspecified atom stereocenters. The number of nitrogens with zero attached hydrogens (tertiary/aromatic N) is 1. The van der Waals surface area contributed by atoms with Crippen molar-refractivity contribution in [3.8, 4) is 0 Å². The van der Waals surface area contributed by atoms with Crippen LogP contribution in [0.25, 0.3) is 0 Å². The lowest BCUT2D eigenvalue weighted by molar-refractivity contribution is -0.135. The first kappa shape index (κ1) is 23.7. The summed E-state index contributed by atoms with van der Waals surface area (Å²) >= 11 is 0. The Kier molecular flexibility index (Phi) is 6.20. The topological polar surface area (TPSA) is 66.8 Å². The second-order valence-electron chi connectivity index (χ2n) is 11.1. The average molecular weight is 476 g/mol. The van der Waals surface area contributed by atoms with Crippen molar-refractivity contribution in [3.05, 3.63) is 34.9 Å². The van der Waals surface area contributed by atoms with Crippen LogP contribution in [0.15, 0.2) is 18.2 Å². The molecule has 1 heterocycles. The van der Waals surface area contributed by atoms with E-state index in [0.29, 0.717) is 57.6 Å². The monoisotopic (exact) mass is 475 g/mol. The lowest BCUT2D eigenvalue weighted by atomic mass is 9.53. The normalized spacial score (nSPS) is 34.1. The van der Waals surface area contributed by atoms with E-state index in [4.69, 9.17) is 4.74 Å². The standard InChI is InChI=1S/C27H35F2NO4/c1-26-10-9-21-20-7-6-18(25(32)33)15-17(20)5-8-22(21)24(26)19(16-27(26,28)29)3-2-4-23(31)30-11-13-34-14-12-30/h6-7,15,19,21-22,24H,2-5,8-14,16H2,1H3,(H,32,33)/t19-,21+,22+,24?,26-/m0/s1. The van der Waals surface area contributed by atoms with Crippen LogP contribution in [0.1, 0.15) is 79.3 Å². The molecule has 0 radical (unpaired) electrons. The fraction of sp³-hybridized carbons (Fsp3) is 0.704. The predicted octanol–water partition coefficient (Wildman–Crippen LogP) is 5.13. The van der Waals surface area contributed by atoms with Crippen molar-refractivity contribution >= 4 is 11.9 Å². The van der Waals surface area contributed by atoms with Gasteiger partial charge in [-0.1, -0.05) is 13.0 Å². The molecule has 1 aromatic carbocycles. The highest BCUT2D eigenvalue weighted by Crippen LogP contribution is 2.68. The highest BCUT2D eigenvalue weighted by Gasteiger charge is 2.67. The number of hydrogen-bond acceptors (Lipinski definition) is 3. The molecular formula is C27H35F2NO4. The smallest absolute Gasteiger partial charge is 0.335 e. The fourth-order valence-electron chi connectivity index (χ4n) is 7.72. The summed E-state index contributed by atoms with van der Waals surface area (Å²) < 4.78 is 36.2. The first-order valence-electron chi connectivity index (χ1n) is 12.8. The second-order valence-corrected chi connectivity index (χ2v) is 11.1. The van der Waals surface area contributed by atoms with E-state index in [9.17, 15) is 14.7 Å². The highest BCUT2D eigenvalue weighted by atomic mass is 19.3. The zero-order valence-electron chi connectivity index (χ0n) is 19.9. The molecule has 3 fully saturated rings. The van der Waals surface area contributed by atoms with E-state index in [1.807, 2.05) is 11.0 Å². The first-order chi connectivity index (χ1) is 16.2.